The van der Waals surface area contributed by atoms with Crippen LogP contribution in [-0.4, -0.2) is 15.6 Å². The normalized spacial score (nSPS) is 13.0. The van der Waals surface area contributed by atoms with Crippen molar-refractivity contribution >= 4 is 23.2 Å². The molecule has 3 rings (SSSR count). The minimum absolute atomic E-state index is 0.140. The highest BCUT2D eigenvalue weighted by Crippen LogP contribution is 2.18. The van der Waals surface area contributed by atoms with Gasteiger partial charge >= 0.3 is 0 Å². The number of para-hydroxylation sites is 2. The highest BCUT2D eigenvalue weighted by molar-refractivity contribution is 5.79. The van der Waals surface area contributed by atoms with Gasteiger partial charge in [-0.05, 0) is 30.2 Å². The highest BCUT2D eigenvalue weighted by Gasteiger charge is 2.10. The molecule has 1 heterocycles. The van der Waals surface area contributed by atoms with Crippen LogP contribution in [-0.2, 0) is 6.54 Å². The third-order valence-corrected chi connectivity index (χ3v) is 3.85. The standard InChI is InChI=1S/C19H21N3/c1-2-16(20)14-22-18-11-7-6-10-17(18)21-19(22)13-12-15-8-4-3-5-9-15/h3-13,16H,2,14,20H2,1H3/b13-12+. The van der Waals surface area contributed by atoms with Crippen LogP contribution in [0.25, 0.3) is 23.2 Å². The first-order chi connectivity index (χ1) is 10.8. The van der Waals surface area contributed by atoms with E-state index in [2.05, 4.69) is 41.8 Å². The summed E-state index contributed by atoms with van der Waals surface area (Å²) in [5.74, 6) is 0.953. The minimum Gasteiger partial charge on any atom is -0.326 e. The van der Waals surface area contributed by atoms with Gasteiger partial charge in [-0.1, -0.05) is 55.5 Å². The van der Waals surface area contributed by atoms with E-state index >= 15 is 0 Å². The fourth-order valence-corrected chi connectivity index (χ4v) is 2.51. The van der Waals surface area contributed by atoms with E-state index in [0.29, 0.717) is 0 Å². The molecule has 0 aliphatic carbocycles. The molecule has 0 bridgehead atoms. The van der Waals surface area contributed by atoms with Gasteiger partial charge in [0.15, 0.2) is 0 Å². The number of nitrogens with two attached hydrogens (primary N) is 1. The van der Waals surface area contributed by atoms with E-state index in [0.717, 1.165) is 29.8 Å². The zero-order valence-corrected chi connectivity index (χ0v) is 12.8. The summed E-state index contributed by atoms with van der Waals surface area (Å²) in [5.41, 5.74) is 9.48. The Hall–Kier alpha value is -2.39. The van der Waals surface area contributed by atoms with Gasteiger partial charge in [0.1, 0.15) is 5.82 Å². The summed E-state index contributed by atoms with van der Waals surface area (Å²) in [5, 5.41) is 0. The second-order valence-electron chi connectivity index (χ2n) is 5.48. The molecule has 112 valence electrons. The lowest BCUT2D eigenvalue weighted by molar-refractivity contribution is 0.545. The molecule has 0 saturated heterocycles. The average Bonchev–Trinajstić information content (AvgIpc) is 2.91. The predicted molar refractivity (Wildman–Crippen MR) is 93.4 cm³/mol. The van der Waals surface area contributed by atoms with E-state index < -0.39 is 0 Å². The lowest BCUT2D eigenvalue weighted by atomic mass is 10.2. The van der Waals surface area contributed by atoms with Crippen LogP contribution < -0.4 is 5.73 Å². The van der Waals surface area contributed by atoms with Crippen LogP contribution in [0.4, 0.5) is 0 Å². The molecule has 1 atom stereocenters. The highest BCUT2D eigenvalue weighted by atomic mass is 15.1. The Bertz CT molecular complexity index is 772. The summed E-state index contributed by atoms with van der Waals surface area (Å²) in [6.07, 6.45) is 5.11. The maximum absolute atomic E-state index is 6.16. The van der Waals surface area contributed by atoms with E-state index in [1.807, 2.05) is 36.4 Å². The summed E-state index contributed by atoms with van der Waals surface area (Å²) in [7, 11) is 0. The quantitative estimate of drug-likeness (QED) is 0.773. The summed E-state index contributed by atoms with van der Waals surface area (Å²) >= 11 is 0. The van der Waals surface area contributed by atoms with E-state index in [9.17, 15) is 0 Å². The van der Waals surface area contributed by atoms with Gasteiger partial charge in [-0.2, -0.15) is 0 Å². The molecule has 22 heavy (non-hydrogen) atoms. The number of hydrogen-bond acceptors (Lipinski definition) is 2. The van der Waals surface area contributed by atoms with Crippen LogP contribution in [0.5, 0.6) is 0 Å². The van der Waals surface area contributed by atoms with Crippen LogP contribution in [0.1, 0.15) is 24.7 Å². The van der Waals surface area contributed by atoms with Crippen LogP contribution in [0, 0.1) is 0 Å². The Balaban J connectivity index is 2.00. The van der Waals surface area contributed by atoms with Crippen LogP contribution in [0.3, 0.4) is 0 Å². The maximum atomic E-state index is 6.16. The summed E-state index contributed by atoms with van der Waals surface area (Å²) in [6.45, 7) is 2.90. The fourth-order valence-electron chi connectivity index (χ4n) is 2.51. The second-order valence-corrected chi connectivity index (χ2v) is 5.48. The summed E-state index contributed by atoms with van der Waals surface area (Å²) in [6, 6.07) is 18.6. The first kappa shape index (κ1) is 14.5. The zero-order valence-electron chi connectivity index (χ0n) is 12.8. The first-order valence-electron chi connectivity index (χ1n) is 7.72. The molecule has 2 N–H and O–H groups in total. The van der Waals surface area contributed by atoms with Gasteiger partial charge in [0.2, 0.25) is 0 Å². The summed E-state index contributed by atoms with van der Waals surface area (Å²) in [4.78, 5) is 4.74. The Morgan fingerprint density at radius 2 is 1.77 bits per heavy atom. The molecule has 0 spiro atoms. The van der Waals surface area contributed by atoms with E-state index in [1.54, 1.807) is 0 Å². The van der Waals surface area contributed by atoms with E-state index in [1.165, 1.54) is 5.56 Å². The fraction of sp³-hybridized carbons (Fsp3) is 0.211. The smallest absolute Gasteiger partial charge is 0.133 e. The first-order valence-corrected chi connectivity index (χ1v) is 7.72. The zero-order chi connectivity index (χ0) is 15.4. The molecule has 3 nitrogen and oxygen atoms in total. The Labute approximate surface area is 131 Å². The van der Waals surface area contributed by atoms with Gasteiger partial charge in [0.25, 0.3) is 0 Å². The SMILES string of the molecule is CCC(N)Cn1c(/C=C/c2ccccc2)nc2ccccc21. The van der Waals surface area contributed by atoms with E-state index in [4.69, 9.17) is 10.7 Å². The van der Waals surface area contributed by atoms with Crippen LogP contribution in [0.15, 0.2) is 54.6 Å². The van der Waals surface area contributed by atoms with Crippen molar-refractivity contribution in [3.8, 4) is 0 Å². The van der Waals surface area contributed by atoms with Crippen molar-refractivity contribution in [2.45, 2.75) is 25.9 Å². The van der Waals surface area contributed by atoms with Crippen molar-refractivity contribution in [2.24, 2.45) is 5.73 Å². The molecule has 2 aromatic carbocycles. The monoisotopic (exact) mass is 291 g/mol. The van der Waals surface area contributed by atoms with E-state index in [-0.39, 0.29) is 6.04 Å². The molecule has 0 fully saturated rings. The maximum Gasteiger partial charge on any atom is 0.133 e. The van der Waals surface area contributed by atoms with Gasteiger partial charge in [-0.3, -0.25) is 0 Å². The Morgan fingerprint density at radius 3 is 2.55 bits per heavy atom. The molecule has 1 aromatic heterocycles. The number of imidazole rings is 1. The van der Waals surface area contributed by atoms with Crippen LogP contribution in [0.2, 0.25) is 0 Å². The number of benzene rings is 2. The molecular formula is C19H21N3. The number of rotatable bonds is 5. The average molecular weight is 291 g/mol. The topological polar surface area (TPSA) is 43.8 Å². The molecule has 0 saturated carbocycles. The second kappa shape index (κ2) is 6.58. The Kier molecular flexibility index (Phi) is 4.35. The molecule has 3 heteroatoms. The van der Waals surface area contributed by atoms with Crippen molar-refractivity contribution in [2.75, 3.05) is 0 Å². The third kappa shape index (κ3) is 3.10. The van der Waals surface area contributed by atoms with Gasteiger partial charge in [0, 0.05) is 12.6 Å². The molecule has 0 aliphatic heterocycles. The van der Waals surface area contributed by atoms with Gasteiger partial charge in [-0.25, -0.2) is 4.98 Å². The molecule has 0 radical (unpaired) electrons. The van der Waals surface area contributed by atoms with Gasteiger partial charge in [-0.15, -0.1) is 0 Å². The minimum atomic E-state index is 0.140. The lowest BCUT2D eigenvalue weighted by Gasteiger charge is -2.12. The Morgan fingerprint density at radius 1 is 1.05 bits per heavy atom. The predicted octanol–water partition coefficient (Wildman–Crippen LogP) is 3.94. The van der Waals surface area contributed by atoms with Crippen molar-refractivity contribution < 1.29 is 0 Å². The van der Waals surface area contributed by atoms with Crippen molar-refractivity contribution in [1.29, 1.82) is 0 Å². The van der Waals surface area contributed by atoms with Crippen molar-refractivity contribution in [3.05, 3.63) is 66.0 Å². The van der Waals surface area contributed by atoms with Crippen molar-refractivity contribution in [3.63, 3.8) is 0 Å². The number of aromatic nitrogens is 2. The number of fused-ring (bicyclic) bond motifs is 1. The van der Waals surface area contributed by atoms with Gasteiger partial charge < -0.3 is 10.3 Å². The third-order valence-electron chi connectivity index (χ3n) is 3.85. The molecular weight excluding hydrogens is 270 g/mol. The largest absolute Gasteiger partial charge is 0.326 e. The summed E-state index contributed by atoms with van der Waals surface area (Å²) < 4.78 is 2.21. The van der Waals surface area contributed by atoms with Crippen LogP contribution >= 0.6 is 0 Å². The van der Waals surface area contributed by atoms with Crippen molar-refractivity contribution in [1.82, 2.24) is 9.55 Å². The molecule has 3 aromatic rings. The number of nitrogens with zero attached hydrogens (tertiary/aromatic N) is 2. The van der Waals surface area contributed by atoms with Gasteiger partial charge in [0.05, 0.1) is 11.0 Å². The molecule has 0 amide bonds. The molecule has 0 aliphatic rings. The lowest BCUT2D eigenvalue weighted by Crippen LogP contribution is -2.25. The number of hydrogen-bond donors (Lipinski definition) is 1. The molecule has 1 unspecified atom stereocenters.